The largest absolute Gasteiger partial charge is 0.621 e. The Balaban J connectivity index is 2.50. The van der Waals surface area contributed by atoms with Crippen LogP contribution >= 0.6 is 0 Å². The lowest BCUT2D eigenvalue weighted by molar-refractivity contribution is -0.577. The standard InChI is InChI=1S/C11H19NO2/c1-10(2)8-5-6-11(10,3)12(13)9(7-8)14-4/h8H,5-7H2,1-4H3/t8-,11-/m0/s1. The van der Waals surface area contributed by atoms with Gasteiger partial charge in [0.1, 0.15) is 0 Å². The van der Waals surface area contributed by atoms with Gasteiger partial charge in [-0.1, -0.05) is 13.8 Å². The van der Waals surface area contributed by atoms with Crippen molar-refractivity contribution in [3.63, 3.8) is 0 Å². The van der Waals surface area contributed by atoms with E-state index in [2.05, 4.69) is 20.8 Å². The molecule has 1 aliphatic heterocycles. The van der Waals surface area contributed by atoms with Crippen LogP contribution in [0.4, 0.5) is 0 Å². The Morgan fingerprint density at radius 1 is 1.43 bits per heavy atom. The lowest BCUT2D eigenvalue weighted by atomic mass is 9.68. The van der Waals surface area contributed by atoms with Crippen LogP contribution in [0.3, 0.4) is 0 Å². The fraction of sp³-hybridized carbons (Fsp3) is 0.909. The minimum atomic E-state index is -0.263. The molecule has 0 aromatic carbocycles. The number of hydrogen-bond acceptors (Lipinski definition) is 2. The van der Waals surface area contributed by atoms with Gasteiger partial charge in [0.2, 0.25) is 0 Å². The summed E-state index contributed by atoms with van der Waals surface area (Å²) in [6, 6.07) is 0. The van der Waals surface area contributed by atoms with Gasteiger partial charge in [-0.2, -0.15) is 4.74 Å². The van der Waals surface area contributed by atoms with Crippen LogP contribution in [-0.4, -0.2) is 23.3 Å². The van der Waals surface area contributed by atoms with Crippen LogP contribution in [0.25, 0.3) is 0 Å². The quantitative estimate of drug-likeness (QED) is 0.440. The van der Waals surface area contributed by atoms with Crippen molar-refractivity contribution < 1.29 is 9.48 Å². The van der Waals surface area contributed by atoms with Crippen molar-refractivity contribution in [2.24, 2.45) is 11.3 Å². The molecule has 2 aliphatic rings. The van der Waals surface area contributed by atoms with Crippen molar-refractivity contribution in [3.8, 4) is 0 Å². The van der Waals surface area contributed by atoms with E-state index in [1.807, 2.05) is 0 Å². The molecular formula is C11H19NO2. The van der Waals surface area contributed by atoms with Crippen LogP contribution < -0.4 is 0 Å². The summed E-state index contributed by atoms with van der Waals surface area (Å²) in [4.78, 5) is 0. The van der Waals surface area contributed by atoms with Crippen LogP contribution in [0.1, 0.15) is 40.0 Å². The first-order chi connectivity index (χ1) is 6.43. The molecule has 0 aromatic heterocycles. The van der Waals surface area contributed by atoms with Crippen molar-refractivity contribution in [3.05, 3.63) is 5.21 Å². The minimum Gasteiger partial charge on any atom is -0.621 e. The van der Waals surface area contributed by atoms with Gasteiger partial charge in [0.25, 0.3) is 0 Å². The zero-order chi connectivity index (χ0) is 10.6. The smallest absolute Gasteiger partial charge is 0.348 e. The normalized spacial score (nSPS) is 40.1. The SMILES string of the molecule is COC1=[N+]([O-])[C@@]2(C)CC[C@@H](C1)C2(C)C. The highest BCUT2D eigenvalue weighted by Gasteiger charge is 2.62. The van der Waals surface area contributed by atoms with Crippen LogP contribution in [0, 0.1) is 16.5 Å². The van der Waals surface area contributed by atoms with Crippen molar-refractivity contribution in [1.29, 1.82) is 0 Å². The molecule has 0 amide bonds. The fourth-order valence-electron chi connectivity index (χ4n) is 3.03. The molecule has 0 aromatic rings. The predicted octanol–water partition coefficient (Wildman–Crippen LogP) is 2.14. The van der Waals surface area contributed by atoms with E-state index in [1.165, 1.54) is 0 Å². The molecule has 0 radical (unpaired) electrons. The third-order valence-corrected chi connectivity index (χ3v) is 4.72. The zero-order valence-electron chi connectivity index (χ0n) is 9.46. The molecule has 0 N–H and O–H groups in total. The molecule has 1 heterocycles. The molecule has 0 unspecified atom stereocenters. The molecule has 2 atom stereocenters. The summed E-state index contributed by atoms with van der Waals surface area (Å²) in [5.74, 6) is 1.22. The summed E-state index contributed by atoms with van der Waals surface area (Å²) in [6.07, 6.45) is 2.94. The average Bonchev–Trinajstić information content (AvgIpc) is 2.29. The first-order valence-electron chi connectivity index (χ1n) is 5.30. The number of methoxy groups -OCH3 is 1. The molecule has 1 aliphatic carbocycles. The van der Waals surface area contributed by atoms with E-state index in [1.54, 1.807) is 7.11 Å². The number of nitrogens with zero attached hydrogens (tertiary/aromatic N) is 1. The predicted molar refractivity (Wildman–Crippen MR) is 55.2 cm³/mol. The van der Waals surface area contributed by atoms with Crippen molar-refractivity contribution in [2.75, 3.05) is 7.11 Å². The molecular weight excluding hydrogens is 178 g/mol. The highest BCUT2D eigenvalue weighted by atomic mass is 16.5. The van der Waals surface area contributed by atoms with Crippen LogP contribution in [-0.2, 0) is 4.74 Å². The molecule has 80 valence electrons. The number of hydrogen-bond donors (Lipinski definition) is 0. The maximum Gasteiger partial charge on any atom is 0.348 e. The number of ether oxygens (including phenoxy) is 1. The second kappa shape index (κ2) is 2.65. The van der Waals surface area contributed by atoms with Gasteiger partial charge in [-0.25, -0.2) is 0 Å². The summed E-state index contributed by atoms with van der Waals surface area (Å²) in [7, 11) is 1.60. The fourth-order valence-corrected chi connectivity index (χ4v) is 3.03. The molecule has 0 saturated heterocycles. The topological polar surface area (TPSA) is 35.3 Å². The van der Waals surface area contributed by atoms with E-state index in [0.717, 1.165) is 24.0 Å². The van der Waals surface area contributed by atoms with Gasteiger partial charge in [-0.15, -0.1) is 0 Å². The Morgan fingerprint density at radius 2 is 2.07 bits per heavy atom. The van der Waals surface area contributed by atoms with E-state index in [4.69, 9.17) is 4.74 Å². The van der Waals surface area contributed by atoms with Gasteiger partial charge in [0.05, 0.1) is 13.5 Å². The Morgan fingerprint density at radius 3 is 2.64 bits per heavy atom. The molecule has 14 heavy (non-hydrogen) atoms. The van der Waals surface area contributed by atoms with Crippen LogP contribution in [0.2, 0.25) is 0 Å². The molecule has 2 rings (SSSR count). The highest BCUT2D eigenvalue weighted by Crippen LogP contribution is 2.55. The van der Waals surface area contributed by atoms with E-state index in [0.29, 0.717) is 11.8 Å². The lowest BCUT2D eigenvalue weighted by Crippen LogP contribution is -2.53. The van der Waals surface area contributed by atoms with Gasteiger partial charge < -0.3 is 9.94 Å². The van der Waals surface area contributed by atoms with E-state index in [9.17, 15) is 5.21 Å². The Kier molecular flexibility index (Phi) is 1.85. The van der Waals surface area contributed by atoms with Crippen molar-refractivity contribution in [2.45, 2.75) is 45.6 Å². The molecule has 3 nitrogen and oxygen atoms in total. The monoisotopic (exact) mass is 197 g/mol. The maximum absolute atomic E-state index is 12.1. The summed E-state index contributed by atoms with van der Waals surface area (Å²) >= 11 is 0. The molecule has 2 bridgehead atoms. The van der Waals surface area contributed by atoms with Crippen LogP contribution in [0.15, 0.2) is 0 Å². The lowest BCUT2D eigenvalue weighted by Gasteiger charge is -2.42. The Hall–Kier alpha value is -0.730. The van der Waals surface area contributed by atoms with Crippen LogP contribution in [0.5, 0.6) is 0 Å². The van der Waals surface area contributed by atoms with Gasteiger partial charge in [0, 0.05) is 18.8 Å². The number of fused-ring (bicyclic) bond motifs is 2. The zero-order valence-corrected chi connectivity index (χ0v) is 9.46. The van der Waals surface area contributed by atoms with E-state index in [-0.39, 0.29) is 11.0 Å². The summed E-state index contributed by atoms with van der Waals surface area (Å²) in [6.45, 7) is 6.49. The van der Waals surface area contributed by atoms with Gasteiger partial charge in [-0.05, 0) is 12.3 Å². The Labute approximate surface area is 85.3 Å². The highest BCUT2D eigenvalue weighted by molar-refractivity contribution is 5.72. The van der Waals surface area contributed by atoms with E-state index >= 15 is 0 Å². The van der Waals surface area contributed by atoms with E-state index < -0.39 is 0 Å². The number of rotatable bonds is 0. The molecule has 1 saturated carbocycles. The second-order valence-corrected chi connectivity index (χ2v) is 5.33. The van der Waals surface area contributed by atoms with Gasteiger partial charge in [0.15, 0.2) is 5.54 Å². The summed E-state index contributed by atoms with van der Waals surface area (Å²) in [5, 5.41) is 12.1. The number of hydroxylamine groups is 1. The van der Waals surface area contributed by atoms with Crippen molar-refractivity contribution >= 4 is 5.90 Å². The summed E-state index contributed by atoms with van der Waals surface area (Å²) < 4.78 is 6.29. The molecule has 1 fully saturated rings. The molecule has 0 spiro atoms. The third kappa shape index (κ3) is 0.904. The second-order valence-electron chi connectivity index (χ2n) is 5.33. The average molecular weight is 197 g/mol. The van der Waals surface area contributed by atoms with Crippen molar-refractivity contribution in [1.82, 2.24) is 0 Å². The Bertz CT molecular complexity index is 296. The third-order valence-electron chi connectivity index (χ3n) is 4.72. The summed E-state index contributed by atoms with van der Waals surface area (Å²) in [5.41, 5.74) is -0.155. The first-order valence-corrected chi connectivity index (χ1v) is 5.30. The first kappa shape index (κ1) is 9.81. The van der Waals surface area contributed by atoms with Gasteiger partial charge in [-0.3, -0.25) is 0 Å². The van der Waals surface area contributed by atoms with Gasteiger partial charge >= 0.3 is 5.90 Å². The minimum absolute atomic E-state index is 0.108. The maximum atomic E-state index is 12.1. The molecule has 3 heteroatoms.